The molecule has 1 heterocycles. The van der Waals surface area contributed by atoms with Gasteiger partial charge in [-0.3, -0.25) is 0 Å². The number of halogens is 2. The molecule has 2 atom stereocenters. The summed E-state index contributed by atoms with van der Waals surface area (Å²) in [5, 5.41) is 17.5. The van der Waals surface area contributed by atoms with Gasteiger partial charge < -0.3 is 10.4 Å². The highest BCUT2D eigenvalue weighted by Crippen LogP contribution is 2.19. The fraction of sp³-hybridized carbons (Fsp3) is 0.211. The number of nitrogens with zero attached hydrogens (tertiary/aromatic N) is 2. The van der Waals surface area contributed by atoms with Gasteiger partial charge in [0.25, 0.3) is 0 Å². The molecule has 0 aliphatic rings. The molecule has 0 saturated carbocycles. The zero-order valence-electron chi connectivity index (χ0n) is 13.7. The van der Waals surface area contributed by atoms with E-state index in [2.05, 4.69) is 10.4 Å². The second-order valence-electron chi connectivity index (χ2n) is 5.86. The van der Waals surface area contributed by atoms with Gasteiger partial charge in [0.15, 0.2) is 11.6 Å². The number of hydrogen-bond donors (Lipinski definition) is 2. The van der Waals surface area contributed by atoms with Crippen molar-refractivity contribution >= 4 is 0 Å². The summed E-state index contributed by atoms with van der Waals surface area (Å²) >= 11 is 0. The molecule has 0 aliphatic carbocycles. The Kier molecular flexibility index (Phi) is 5.21. The second-order valence-corrected chi connectivity index (χ2v) is 5.86. The SMILES string of the molecule is CC(NCC(O)c1ccc(F)c(F)c1)c1ccc(-n2cccn2)cc1. The molecule has 0 bridgehead atoms. The molecule has 3 rings (SSSR count). The Morgan fingerprint density at radius 2 is 1.80 bits per heavy atom. The van der Waals surface area contributed by atoms with E-state index in [0.717, 1.165) is 23.4 Å². The van der Waals surface area contributed by atoms with Crippen LogP contribution in [0.1, 0.15) is 30.2 Å². The highest BCUT2D eigenvalue weighted by Gasteiger charge is 2.13. The molecule has 0 saturated heterocycles. The van der Waals surface area contributed by atoms with E-state index in [1.165, 1.54) is 6.07 Å². The largest absolute Gasteiger partial charge is 0.387 e. The summed E-state index contributed by atoms with van der Waals surface area (Å²) in [6.07, 6.45) is 2.67. The van der Waals surface area contributed by atoms with Gasteiger partial charge in [-0.15, -0.1) is 0 Å². The summed E-state index contributed by atoms with van der Waals surface area (Å²) in [6, 6.07) is 13.2. The standard InChI is InChI=1S/C19H19F2N3O/c1-13(14-3-6-16(7-4-14)24-10-2-9-23-24)22-12-19(25)15-5-8-17(20)18(21)11-15/h2-11,13,19,22,25H,12H2,1H3. The van der Waals surface area contributed by atoms with E-state index in [4.69, 9.17) is 0 Å². The Morgan fingerprint density at radius 3 is 2.44 bits per heavy atom. The first-order valence-electron chi connectivity index (χ1n) is 8.01. The first-order valence-corrected chi connectivity index (χ1v) is 8.01. The first-order chi connectivity index (χ1) is 12.0. The van der Waals surface area contributed by atoms with Crippen molar-refractivity contribution in [2.24, 2.45) is 0 Å². The highest BCUT2D eigenvalue weighted by molar-refractivity contribution is 5.34. The van der Waals surface area contributed by atoms with Crippen molar-refractivity contribution in [1.29, 1.82) is 0 Å². The Bertz CT molecular complexity index is 819. The summed E-state index contributed by atoms with van der Waals surface area (Å²) in [5.41, 5.74) is 2.35. The van der Waals surface area contributed by atoms with Crippen LogP contribution in [0.3, 0.4) is 0 Å². The smallest absolute Gasteiger partial charge is 0.159 e. The molecule has 0 radical (unpaired) electrons. The average molecular weight is 343 g/mol. The molecule has 0 aliphatic heterocycles. The molecule has 0 fully saturated rings. The number of aliphatic hydroxyl groups excluding tert-OH is 1. The monoisotopic (exact) mass is 343 g/mol. The minimum atomic E-state index is -0.959. The molecule has 0 amide bonds. The van der Waals surface area contributed by atoms with Crippen LogP contribution in [0.4, 0.5) is 8.78 Å². The minimum absolute atomic E-state index is 0.00776. The van der Waals surface area contributed by atoms with E-state index in [1.54, 1.807) is 10.9 Å². The number of hydrogen-bond acceptors (Lipinski definition) is 3. The summed E-state index contributed by atoms with van der Waals surface area (Å²) in [6.45, 7) is 2.20. The van der Waals surface area contributed by atoms with E-state index in [0.29, 0.717) is 5.56 Å². The Labute approximate surface area is 144 Å². The number of aliphatic hydroxyl groups is 1. The highest BCUT2D eigenvalue weighted by atomic mass is 19.2. The molecule has 130 valence electrons. The maximum absolute atomic E-state index is 13.2. The van der Waals surface area contributed by atoms with Crippen LogP contribution in [0.2, 0.25) is 0 Å². The van der Waals surface area contributed by atoms with Gasteiger partial charge >= 0.3 is 0 Å². The average Bonchev–Trinajstić information content (AvgIpc) is 3.16. The quantitative estimate of drug-likeness (QED) is 0.720. The predicted octanol–water partition coefficient (Wildman–Crippen LogP) is 3.53. The van der Waals surface area contributed by atoms with Gasteiger partial charge in [0.2, 0.25) is 0 Å². The summed E-state index contributed by atoms with van der Waals surface area (Å²) in [5.74, 6) is -1.88. The second kappa shape index (κ2) is 7.55. The maximum Gasteiger partial charge on any atom is 0.159 e. The third kappa shape index (κ3) is 4.10. The third-order valence-electron chi connectivity index (χ3n) is 4.11. The lowest BCUT2D eigenvalue weighted by molar-refractivity contribution is 0.170. The van der Waals surface area contributed by atoms with Crippen LogP contribution in [0.25, 0.3) is 5.69 Å². The number of nitrogens with one attached hydrogen (secondary N) is 1. The minimum Gasteiger partial charge on any atom is -0.387 e. The Morgan fingerprint density at radius 1 is 1.08 bits per heavy atom. The van der Waals surface area contributed by atoms with Crippen molar-refractivity contribution in [1.82, 2.24) is 15.1 Å². The zero-order valence-corrected chi connectivity index (χ0v) is 13.7. The van der Waals surface area contributed by atoms with Gasteiger partial charge in [0.05, 0.1) is 11.8 Å². The van der Waals surface area contributed by atoms with Crippen LogP contribution in [0.5, 0.6) is 0 Å². The number of benzene rings is 2. The van der Waals surface area contributed by atoms with Crippen LogP contribution in [-0.4, -0.2) is 21.4 Å². The van der Waals surface area contributed by atoms with Crippen molar-refractivity contribution in [3.8, 4) is 5.69 Å². The van der Waals surface area contributed by atoms with Gasteiger partial charge in [-0.05, 0) is 48.4 Å². The van der Waals surface area contributed by atoms with Gasteiger partial charge in [-0.2, -0.15) is 5.10 Å². The molecular formula is C19H19F2N3O. The zero-order chi connectivity index (χ0) is 17.8. The molecule has 6 heteroatoms. The van der Waals surface area contributed by atoms with Crippen LogP contribution in [0.15, 0.2) is 60.9 Å². The molecule has 4 nitrogen and oxygen atoms in total. The lowest BCUT2D eigenvalue weighted by atomic mass is 10.1. The lowest BCUT2D eigenvalue weighted by Crippen LogP contribution is -2.24. The van der Waals surface area contributed by atoms with Crippen molar-refractivity contribution < 1.29 is 13.9 Å². The molecule has 1 aromatic heterocycles. The summed E-state index contributed by atoms with van der Waals surface area (Å²) in [4.78, 5) is 0. The maximum atomic E-state index is 13.2. The molecule has 2 N–H and O–H groups in total. The van der Waals surface area contributed by atoms with Crippen molar-refractivity contribution in [2.45, 2.75) is 19.1 Å². The fourth-order valence-electron chi connectivity index (χ4n) is 2.58. The van der Waals surface area contributed by atoms with Crippen molar-refractivity contribution in [3.63, 3.8) is 0 Å². The molecule has 0 spiro atoms. The van der Waals surface area contributed by atoms with Gasteiger partial charge in [-0.25, -0.2) is 13.5 Å². The van der Waals surface area contributed by atoms with Gasteiger partial charge in [-0.1, -0.05) is 18.2 Å². The van der Waals surface area contributed by atoms with E-state index in [1.807, 2.05) is 43.5 Å². The topological polar surface area (TPSA) is 50.1 Å². The summed E-state index contributed by atoms with van der Waals surface area (Å²) < 4.78 is 28.0. The normalized spacial score (nSPS) is 13.6. The van der Waals surface area contributed by atoms with E-state index >= 15 is 0 Å². The van der Waals surface area contributed by atoms with Crippen LogP contribution in [0, 0.1) is 11.6 Å². The van der Waals surface area contributed by atoms with E-state index in [-0.39, 0.29) is 12.6 Å². The van der Waals surface area contributed by atoms with Crippen LogP contribution >= 0.6 is 0 Å². The Balaban J connectivity index is 1.60. The Hall–Kier alpha value is -2.57. The number of rotatable bonds is 6. The summed E-state index contributed by atoms with van der Waals surface area (Å²) in [7, 11) is 0. The van der Waals surface area contributed by atoms with Gasteiger partial charge in [0, 0.05) is 25.0 Å². The molecule has 3 aromatic rings. The molecular weight excluding hydrogens is 324 g/mol. The third-order valence-corrected chi connectivity index (χ3v) is 4.11. The van der Waals surface area contributed by atoms with Gasteiger partial charge in [0.1, 0.15) is 0 Å². The van der Waals surface area contributed by atoms with Crippen molar-refractivity contribution in [2.75, 3.05) is 6.54 Å². The van der Waals surface area contributed by atoms with E-state index < -0.39 is 17.7 Å². The number of aromatic nitrogens is 2. The van der Waals surface area contributed by atoms with Crippen LogP contribution < -0.4 is 5.32 Å². The lowest BCUT2D eigenvalue weighted by Gasteiger charge is -2.18. The first kappa shape index (κ1) is 17.3. The fourth-order valence-corrected chi connectivity index (χ4v) is 2.58. The molecule has 2 unspecified atom stereocenters. The predicted molar refractivity (Wildman–Crippen MR) is 91.3 cm³/mol. The van der Waals surface area contributed by atoms with Crippen LogP contribution in [-0.2, 0) is 0 Å². The van der Waals surface area contributed by atoms with Crippen molar-refractivity contribution in [3.05, 3.63) is 83.7 Å². The molecule has 2 aromatic carbocycles. The molecule has 25 heavy (non-hydrogen) atoms. The van der Waals surface area contributed by atoms with E-state index in [9.17, 15) is 13.9 Å².